The molecule has 1 aliphatic carbocycles. The molecule has 0 aromatic heterocycles. The summed E-state index contributed by atoms with van der Waals surface area (Å²) in [6.07, 6.45) is 11.1. The van der Waals surface area contributed by atoms with Gasteiger partial charge in [-0.2, -0.15) is 0 Å². The molecular formula is C32H37ClF2N2O2S. The Morgan fingerprint density at radius 1 is 1.05 bits per heavy atom. The molecule has 0 amide bonds. The lowest BCUT2D eigenvalue weighted by atomic mass is 9.72. The van der Waals surface area contributed by atoms with E-state index in [9.17, 15) is 17.2 Å². The summed E-state index contributed by atoms with van der Waals surface area (Å²) in [5, 5.41) is 0.778. The second-order valence-corrected chi connectivity index (χ2v) is 14.8. The highest BCUT2D eigenvalue weighted by molar-refractivity contribution is 8.00. The van der Waals surface area contributed by atoms with Gasteiger partial charge in [0.2, 0.25) is 0 Å². The number of benzene rings is 2. The van der Waals surface area contributed by atoms with Crippen LogP contribution in [-0.2, 0) is 15.3 Å². The van der Waals surface area contributed by atoms with Crippen LogP contribution in [0.15, 0.2) is 71.8 Å². The summed E-state index contributed by atoms with van der Waals surface area (Å²) < 4.78 is 52.8. The van der Waals surface area contributed by atoms with E-state index in [4.69, 9.17) is 11.6 Å². The maximum Gasteiger partial charge on any atom is 0.176 e. The van der Waals surface area contributed by atoms with Gasteiger partial charge < -0.3 is 4.90 Å². The number of halogens is 3. The number of piperidine rings is 1. The van der Waals surface area contributed by atoms with Crippen LogP contribution in [0.3, 0.4) is 0 Å². The minimum absolute atomic E-state index is 0.0255. The number of hydrogen-bond acceptors (Lipinski definition) is 4. The summed E-state index contributed by atoms with van der Waals surface area (Å²) in [6, 6.07) is 11.0. The lowest BCUT2D eigenvalue weighted by Crippen LogP contribution is -2.47. The Hall–Kier alpha value is -2.32. The van der Waals surface area contributed by atoms with Crippen molar-refractivity contribution in [2.24, 2.45) is 5.41 Å². The Morgan fingerprint density at radius 3 is 2.35 bits per heavy atom. The zero-order valence-corrected chi connectivity index (χ0v) is 25.0. The summed E-state index contributed by atoms with van der Waals surface area (Å²) in [5.41, 5.74) is 3.12. The average molecular weight is 587 g/mol. The third-order valence-corrected chi connectivity index (χ3v) is 9.89. The Balaban J connectivity index is 1.33. The van der Waals surface area contributed by atoms with Crippen LogP contribution in [0.4, 0.5) is 8.78 Å². The Morgan fingerprint density at radius 2 is 1.75 bits per heavy atom. The van der Waals surface area contributed by atoms with Gasteiger partial charge in [-0.25, -0.2) is 17.2 Å². The topological polar surface area (TPSA) is 40.6 Å². The van der Waals surface area contributed by atoms with Gasteiger partial charge in [-0.05, 0) is 71.7 Å². The fourth-order valence-corrected chi connectivity index (χ4v) is 8.07. The van der Waals surface area contributed by atoms with Crippen molar-refractivity contribution in [1.82, 2.24) is 9.80 Å². The van der Waals surface area contributed by atoms with Crippen molar-refractivity contribution in [3.05, 3.63) is 99.6 Å². The smallest absolute Gasteiger partial charge is 0.176 e. The largest absolute Gasteiger partial charge is 0.302 e. The fraction of sp³-hybridized carbons (Fsp3) is 0.438. The number of rotatable bonds is 7. The standard InChI is InChI=1S/C32H37ClF2N2O2S/c1-31(2)11-6-14-36(21-31)22-32(28-7-4-5-8-29(28)33)12-9-23(10-13-32)18-37-19-25(20-37)30(40(3,38)39)24-15-26(34)17-27(35)16-24/h4-5,7-10,12,15-17H,6,11,13-14,18-22H2,1-3H3/t32-/m1/s1. The molecule has 2 aliphatic heterocycles. The molecule has 3 aliphatic rings. The molecule has 1 atom stereocenters. The van der Waals surface area contributed by atoms with Gasteiger partial charge >= 0.3 is 0 Å². The van der Waals surface area contributed by atoms with E-state index >= 15 is 0 Å². The second-order valence-electron chi connectivity index (χ2n) is 12.4. The molecule has 2 fully saturated rings. The number of sulfone groups is 1. The van der Waals surface area contributed by atoms with Gasteiger partial charge in [0.15, 0.2) is 9.84 Å². The zero-order valence-electron chi connectivity index (χ0n) is 23.4. The molecule has 0 saturated carbocycles. The Bertz CT molecular complexity index is 1470. The van der Waals surface area contributed by atoms with Gasteiger partial charge in [0.1, 0.15) is 11.6 Å². The first-order chi connectivity index (χ1) is 18.8. The van der Waals surface area contributed by atoms with Gasteiger partial charge in [0.05, 0.1) is 4.91 Å². The lowest BCUT2D eigenvalue weighted by Gasteiger charge is -2.44. The number of nitrogens with zero attached hydrogens (tertiary/aromatic N) is 2. The summed E-state index contributed by atoms with van der Waals surface area (Å²) in [4.78, 5) is 4.74. The van der Waals surface area contributed by atoms with Crippen molar-refractivity contribution in [3.63, 3.8) is 0 Å². The zero-order chi connectivity index (χ0) is 28.7. The molecule has 0 unspecified atom stereocenters. The van der Waals surface area contributed by atoms with Crippen LogP contribution >= 0.6 is 11.6 Å². The van der Waals surface area contributed by atoms with E-state index in [0.29, 0.717) is 30.6 Å². The van der Waals surface area contributed by atoms with Crippen LogP contribution in [-0.4, -0.2) is 63.7 Å². The SMILES string of the molecule is CC1(C)CCCN(C[C@@]2(c3ccccc3Cl)C=CC(CN3CC(=C(c4cc(F)cc(F)c4)S(C)(=O)=O)C3)=CC2)C1. The minimum Gasteiger partial charge on any atom is -0.302 e. The van der Waals surface area contributed by atoms with E-state index < -0.39 is 21.5 Å². The van der Waals surface area contributed by atoms with Gasteiger partial charge in [-0.3, -0.25) is 4.90 Å². The van der Waals surface area contributed by atoms with Crippen LogP contribution in [0.5, 0.6) is 0 Å². The van der Waals surface area contributed by atoms with Gasteiger partial charge in [-0.1, -0.05) is 61.9 Å². The molecule has 40 heavy (non-hydrogen) atoms. The molecule has 2 saturated heterocycles. The van der Waals surface area contributed by atoms with E-state index in [-0.39, 0.29) is 15.9 Å². The van der Waals surface area contributed by atoms with Crippen molar-refractivity contribution in [3.8, 4) is 0 Å². The van der Waals surface area contributed by atoms with Crippen molar-refractivity contribution in [2.75, 3.05) is 45.5 Å². The first-order valence-corrected chi connectivity index (χ1v) is 16.1. The summed E-state index contributed by atoms with van der Waals surface area (Å²) in [5.74, 6) is -1.58. The molecule has 2 aromatic carbocycles. The van der Waals surface area contributed by atoms with Crippen molar-refractivity contribution in [1.29, 1.82) is 0 Å². The monoisotopic (exact) mass is 586 g/mol. The summed E-state index contributed by atoms with van der Waals surface area (Å²) >= 11 is 6.74. The second kappa shape index (κ2) is 11.2. The normalized spacial score (nSPS) is 23.6. The highest BCUT2D eigenvalue weighted by atomic mass is 35.5. The highest BCUT2D eigenvalue weighted by Gasteiger charge is 2.37. The first-order valence-electron chi connectivity index (χ1n) is 13.8. The van der Waals surface area contributed by atoms with Crippen LogP contribution < -0.4 is 0 Å². The van der Waals surface area contributed by atoms with E-state index in [2.05, 4.69) is 47.9 Å². The average Bonchev–Trinajstić information content (AvgIpc) is 2.82. The third kappa shape index (κ3) is 6.43. The predicted molar refractivity (Wildman–Crippen MR) is 159 cm³/mol. The predicted octanol–water partition coefficient (Wildman–Crippen LogP) is 6.64. The van der Waals surface area contributed by atoms with Crippen LogP contribution in [0.2, 0.25) is 5.02 Å². The van der Waals surface area contributed by atoms with E-state index in [1.54, 1.807) is 0 Å². The van der Waals surface area contributed by atoms with E-state index in [0.717, 1.165) is 61.1 Å². The fourth-order valence-electron chi connectivity index (χ4n) is 6.55. The summed E-state index contributed by atoms with van der Waals surface area (Å²) in [6.45, 7) is 9.26. The van der Waals surface area contributed by atoms with Gasteiger partial charge in [-0.15, -0.1) is 0 Å². The van der Waals surface area contributed by atoms with E-state index in [1.165, 1.54) is 18.4 Å². The number of likely N-dealkylation sites (tertiary alicyclic amines) is 2. The molecule has 0 spiro atoms. The van der Waals surface area contributed by atoms with Crippen LogP contribution in [0.25, 0.3) is 4.91 Å². The molecule has 0 radical (unpaired) electrons. The molecule has 0 N–H and O–H groups in total. The first kappa shape index (κ1) is 29.2. The quantitative estimate of drug-likeness (QED) is 0.365. The summed E-state index contributed by atoms with van der Waals surface area (Å²) in [7, 11) is -3.67. The minimum atomic E-state index is -3.67. The maximum atomic E-state index is 13.8. The molecule has 8 heteroatoms. The molecule has 2 aromatic rings. The lowest BCUT2D eigenvalue weighted by molar-refractivity contribution is 0.101. The molecule has 2 heterocycles. The molecule has 0 bridgehead atoms. The van der Waals surface area contributed by atoms with Crippen LogP contribution in [0, 0.1) is 17.0 Å². The molecule has 5 rings (SSSR count). The van der Waals surface area contributed by atoms with Gasteiger partial charge in [0, 0.05) is 55.5 Å². The third-order valence-electron chi connectivity index (χ3n) is 8.29. The molecule has 214 valence electrons. The molecule has 4 nitrogen and oxygen atoms in total. The number of hydrogen-bond donors (Lipinski definition) is 0. The van der Waals surface area contributed by atoms with Gasteiger partial charge in [0.25, 0.3) is 0 Å². The molecular weight excluding hydrogens is 550 g/mol. The van der Waals surface area contributed by atoms with Crippen molar-refractivity contribution < 1.29 is 17.2 Å². The Labute approximate surface area is 241 Å². The maximum absolute atomic E-state index is 13.8. The highest BCUT2D eigenvalue weighted by Crippen LogP contribution is 2.41. The number of allylic oxidation sites excluding steroid dienone is 1. The van der Waals surface area contributed by atoms with Crippen molar-refractivity contribution in [2.45, 2.75) is 38.5 Å². The van der Waals surface area contributed by atoms with E-state index in [1.807, 2.05) is 18.2 Å². The van der Waals surface area contributed by atoms with Crippen LogP contribution in [0.1, 0.15) is 44.2 Å². The Kier molecular flexibility index (Phi) is 8.14. The van der Waals surface area contributed by atoms with Crippen molar-refractivity contribution >= 4 is 26.3 Å².